The van der Waals surface area contributed by atoms with E-state index in [1.807, 2.05) is 30.3 Å². The molecular formula is C24H25N3O4S2. The topological polar surface area (TPSA) is 96.4 Å². The molecule has 2 aromatic carbocycles. The number of amides is 1. The molecule has 0 unspecified atom stereocenters. The summed E-state index contributed by atoms with van der Waals surface area (Å²) < 4.78 is 27.4. The summed E-state index contributed by atoms with van der Waals surface area (Å²) in [6, 6.07) is 15.2. The SMILES string of the molecule is CC(=O)c1sc(NC(=O)c2ccc(S(=O)(=O)N3CCC[C@@H](C)C3)cc2)nc1-c1ccccc1. The molecule has 0 bridgehead atoms. The molecule has 1 aliphatic rings. The summed E-state index contributed by atoms with van der Waals surface area (Å²) in [7, 11) is -3.58. The molecule has 1 fully saturated rings. The van der Waals surface area contributed by atoms with Gasteiger partial charge in [-0.2, -0.15) is 4.31 Å². The molecule has 0 radical (unpaired) electrons. The lowest BCUT2D eigenvalue weighted by molar-refractivity contribution is 0.101. The summed E-state index contributed by atoms with van der Waals surface area (Å²) >= 11 is 1.12. The van der Waals surface area contributed by atoms with Crippen molar-refractivity contribution in [2.45, 2.75) is 31.6 Å². The zero-order valence-electron chi connectivity index (χ0n) is 18.4. The molecule has 3 aromatic rings. The number of anilines is 1. The number of thiazole rings is 1. The smallest absolute Gasteiger partial charge is 0.257 e. The minimum absolute atomic E-state index is 0.131. The number of carbonyl (C=O) groups is 2. The number of hydrogen-bond acceptors (Lipinski definition) is 6. The molecule has 4 rings (SSSR count). The molecule has 1 aromatic heterocycles. The van der Waals surface area contributed by atoms with Gasteiger partial charge in [-0.25, -0.2) is 13.4 Å². The van der Waals surface area contributed by atoms with Crippen LogP contribution in [0.5, 0.6) is 0 Å². The molecule has 7 nitrogen and oxygen atoms in total. The molecule has 1 aliphatic heterocycles. The number of benzene rings is 2. The van der Waals surface area contributed by atoms with Crippen molar-refractivity contribution in [3.8, 4) is 11.3 Å². The van der Waals surface area contributed by atoms with Crippen LogP contribution in [-0.2, 0) is 10.0 Å². The molecule has 2 heterocycles. The van der Waals surface area contributed by atoms with Crippen LogP contribution in [0.4, 0.5) is 5.13 Å². The van der Waals surface area contributed by atoms with E-state index in [9.17, 15) is 18.0 Å². The van der Waals surface area contributed by atoms with Crippen molar-refractivity contribution in [2.75, 3.05) is 18.4 Å². The van der Waals surface area contributed by atoms with E-state index in [0.29, 0.717) is 40.3 Å². The molecule has 1 saturated heterocycles. The maximum Gasteiger partial charge on any atom is 0.257 e. The van der Waals surface area contributed by atoms with E-state index >= 15 is 0 Å². The minimum Gasteiger partial charge on any atom is -0.298 e. The Morgan fingerprint density at radius 1 is 1.09 bits per heavy atom. The summed E-state index contributed by atoms with van der Waals surface area (Å²) in [6.07, 6.45) is 1.88. The van der Waals surface area contributed by atoms with Gasteiger partial charge in [-0.3, -0.25) is 14.9 Å². The quantitative estimate of drug-likeness (QED) is 0.513. The van der Waals surface area contributed by atoms with E-state index in [-0.39, 0.29) is 10.7 Å². The Kier molecular flexibility index (Phi) is 6.73. The number of rotatable bonds is 6. The first-order chi connectivity index (χ1) is 15.8. The van der Waals surface area contributed by atoms with Gasteiger partial charge in [0.1, 0.15) is 0 Å². The van der Waals surface area contributed by atoms with Gasteiger partial charge in [0.25, 0.3) is 5.91 Å². The molecule has 0 aliphatic carbocycles. The number of sulfonamides is 1. The van der Waals surface area contributed by atoms with Crippen LogP contribution in [-0.4, -0.2) is 42.5 Å². The van der Waals surface area contributed by atoms with E-state index < -0.39 is 15.9 Å². The van der Waals surface area contributed by atoms with Crippen LogP contribution >= 0.6 is 11.3 Å². The average Bonchev–Trinajstić information content (AvgIpc) is 3.24. The summed E-state index contributed by atoms with van der Waals surface area (Å²) in [4.78, 5) is 29.9. The van der Waals surface area contributed by atoms with E-state index in [1.165, 1.54) is 35.5 Å². The van der Waals surface area contributed by atoms with Gasteiger partial charge in [-0.1, -0.05) is 48.6 Å². The Hall–Kier alpha value is -2.88. The Balaban J connectivity index is 1.52. The van der Waals surface area contributed by atoms with Crippen molar-refractivity contribution in [2.24, 2.45) is 5.92 Å². The van der Waals surface area contributed by atoms with Crippen LogP contribution < -0.4 is 5.32 Å². The summed E-state index contributed by atoms with van der Waals surface area (Å²) in [5.41, 5.74) is 1.63. The van der Waals surface area contributed by atoms with Crippen molar-refractivity contribution in [3.05, 3.63) is 65.0 Å². The van der Waals surface area contributed by atoms with Crippen molar-refractivity contribution in [1.82, 2.24) is 9.29 Å². The molecular weight excluding hydrogens is 458 g/mol. The third kappa shape index (κ3) is 5.05. The van der Waals surface area contributed by atoms with Gasteiger partial charge in [0, 0.05) is 31.1 Å². The lowest BCUT2D eigenvalue weighted by atomic mass is 10.0. The van der Waals surface area contributed by atoms with Crippen LogP contribution in [0.1, 0.15) is 46.7 Å². The second kappa shape index (κ2) is 9.54. The first kappa shape index (κ1) is 23.3. The lowest BCUT2D eigenvalue weighted by Gasteiger charge is -2.30. The number of nitrogens with one attached hydrogen (secondary N) is 1. The largest absolute Gasteiger partial charge is 0.298 e. The van der Waals surface area contributed by atoms with Crippen LogP contribution in [0.15, 0.2) is 59.5 Å². The predicted molar refractivity (Wildman–Crippen MR) is 129 cm³/mol. The number of ketones is 1. The zero-order chi connectivity index (χ0) is 23.6. The maximum atomic E-state index is 12.9. The molecule has 9 heteroatoms. The Bertz CT molecular complexity index is 1270. The van der Waals surface area contributed by atoms with Crippen LogP contribution in [0.3, 0.4) is 0 Å². The van der Waals surface area contributed by atoms with Crippen LogP contribution in [0.25, 0.3) is 11.3 Å². The molecule has 0 spiro atoms. The second-order valence-corrected chi connectivity index (χ2v) is 11.1. The average molecular weight is 484 g/mol. The van der Waals surface area contributed by atoms with Gasteiger partial charge in [-0.05, 0) is 43.0 Å². The molecule has 33 heavy (non-hydrogen) atoms. The van der Waals surface area contributed by atoms with Crippen molar-refractivity contribution < 1.29 is 18.0 Å². The second-order valence-electron chi connectivity index (χ2n) is 8.21. The van der Waals surface area contributed by atoms with E-state index in [2.05, 4.69) is 17.2 Å². The fourth-order valence-electron chi connectivity index (χ4n) is 3.87. The number of carbonyl (C=O) groups excluding carboxylic acids is 2. The number of Topliss-reactive ketones (excluding diaryl/α,β-unsaturated/α-hetero) is 1. The standard InChI is InChI=1S/C24H25N3O4S2/c1-16-7-6-14-27(15-16)33(30,31)20-12-10-19(11-13-20)23(29)26-24-25-21(22(32-24)17(2)28)18-8-4-3-5-9-18/h3-5,8-13,16H,6-7,14-15H2,1-2H3,(H,25,26,29)/t16-/m1/s1. The summed E-state index contributed by atoms with van der Waals surface area (Å²) in [6.45, 7) is 4.54. The number of aromatic nitrogens is 1. The Morgan fingerprint density at radius 2 is 1.79 bits per heavy atom. The summed E-state index contributed by atoms with van der Waals surface area (Å²) in [5, 5.41) is 3.04. The first-order valence-electron chi connectivity index (χ1n) is 10.7. The van der Waals surface area contributed by atoms with Gasteiger partial charge in [-0.15, -0.1) is 0 Å². The minimum atomic E-state index is -3.58. The number of hydrogen-bond donors (Lipinski definition) is 1. The monoisotopic (exact) mass is 483 g/mol. The molecule has 1 amide bonds. The first-order valence-corrected chi connectivity index (χ1v) is 13.0. The van der Waals surface area contributed by atoms with E-state index in [4.69, 9.17) is 0 Å². The van der Waals surface area contributed by atoms with Crippen LogP contribution in [0.2, 0.25) is 0 Å². The maximum absolute atomic E-state index is 12.9. The number of piperidine rings is 1. The summed E-state index contributed by atoms with van der Waals surface area (Å²) in [5.74, 6) is -0.222. The highest BCUT2D eigenvalue weighted by Crippen LogP contribution is 2.32. The highest BCUT2D eigenvalue weighted by molar-refractivity contribution is 7.89. The highest BCUT2D eigenvalue weighted by Gasteiger charge is 2.28. The fourth-order valence-corrected chi connectivity index (χ4v) is 6.34. The van der Waals surface area contributed by atoms with Gasteiger partial charge in [0.15, 0.2) is 10.9 Å². The molecule has 0 saturated carbocycles. The van der Waals surface area contributed by atoms with E-state index in [0.717, 1.165) is 29.7 Å². The highest BCUT2D eigenvalue weighted by atomic mass is 32.2. The lowest BCUT2D eigenvalue weighted by Crippen LogP contribution is -2.39. The van der Waals surface area contributed by atoms with Crippen molar-refractivity contribution in [3.63, 3.8) is 0 Å². The molecule has 1 N–H and O–H groups in total. The third-order valence-corrected chi connectivity index (χ3v) is 8.54. The van der Waals surface area contributed by atoms with Gasteiger partial charge in [0.2, 0.25) is 10.0 Å². The zero-order valence-corrected chi connectivity index (χ0v) is 20.1. The van der Waals surface area contributed by atoms with Crippen LogP contribution in [0, 0.1) is 5.92 Å². The van der Waals surface area contributed by atoms with Crippen molar-refractivity contribution in [1.29, 1.82) is 0 Å². The third-order valence-electron chi connectivity index (χ3n) is 5.59. The Labute approximate surface area is 197 Å². The number of nitrogens with zero attached hydrogens (tertiary/aromatic N) is 2. The fraction of sp³-hybridized carbons (Fsp3) is 0.292. The predicted octanol–water partition coefficient (Wildman–Crippen LogP) is 4.69. The normalized spacial score (nSPS) is 17.0. The Morgan fingerprint density at radius 3 is 2.42 bits per heavy atom. The van der Waals surface area contributed by atoms with Gasteiger partial charge >= 0.3 is 0 Å². The molecule has 172 valence electrons. The molecule has 1 atom stereocenters. The van der Waals surface area contributed by atoms with E-state index in [1.54, 1.807) is 0 Å². The van der Waals surface area contributed by atoms with Gasteiger partial charge < -0.3 is 0 Å². The van der Waals surface area contributed by atoms with Crippen molar-refractivity contribution >= 4 is 38.2 Å². The van der Waals surface area contributed by atoms with Gasteiger partial charge in [0.05, 0.1) is 15.5 Å².